The number of nitrogens with zero attached hydrogens (tertiary/aromatic N) is 3. The number of hydrogen-bond acceptors (Lipinski definition) is 2. The fraction of sp³-hybridized carbons (Fsp3) is 0.238. The van der Waals surface area contributed by atoms with Crippen molar-refractivity contribution < 1.29 is 4.39 Å². The maximum atomic E-state index is 13.7. The number of fused-ring (bicyclic) bond motifs is 2. The van der Waals surface area contributed by atoms with Crippen LogP contribution in [0.15, 0.2) is 41.4 Å². The van der Waals surface area contributed by atoms with Gasteiger partial charge in [0.2, 0.25) is 0 Å². The number of halogens is 1. The number of aryl methyl sites for hydroxylation is 2. The highest BCUT2D eigenvalue weighted by molar-refractivity contribution is 5.87. The van der Waals surface area contributed by atoms with E-state index in [1.807, 2.05) is 18.3 Å². The Morgan fingerprint density at radius 1 is 1.08 bits per heavy atom. The highest BCUT2D eigenvalue weighted by Gasteiger charge is 2.24. The molecule has 0 saturated carbocycles. The molecule has 124 valence electrons. The van der Waals surface area contributed by atoms with Crippen molar-refractivity contribution in [3.63, 3.8) is 0 Å². The van der Waals surface area contributed by atoms with Gasteiger partial charge in [-0.05, 0) is 54.3 Å². The molecule has 4 heteroatoms. The minimum absolute atomic E-state index is 0.174. The van der Waals surface area contributed by atoms with Crippen LogP contribution in [0, 0.1) is 12.7 Å². The lowest BCUT2D eigenvalue weighted by Crippen LogP contribution is -1.97. The van der Waals surface area contributed by atoms with Crippen molar-refractivity contribution in [2.24, 2.45) is 4.99 Å². The van der Waals surface area contributed by atoms with Crippen molar-refractivity contribution >= 4 is 6.21 Å². The summed E-state index contributed by atoms with van der Waals surface area (Å²) in [6, 6.07) is 11.8. The van der Waals surface area contributed by atoms with E-state index in [1.165, 1.54) is 22.8 Å². The first kappa shape index (κ1) is 14.6. The molecule has 5 rings (SSSR count). The van der Waals surface area contributed by atoms with Gasteiger partial charge in [0.25, 0.3) is 0 Å². The highest BCUT2D eigenvalue weighted by Crippen LogP contribution is 2.37. The average molecular weight is 331 g/mol. The third-order valence-corrected chi connectivity index (χ3v) is 5.17. The molecule has 1 aromatic heterocycles. The molecule has 0 unspecified atom stereocenters. The zero-order chi connectivity index (χ0) is 17.0. The van der Waals surface area contributed by atoms with Crippen LogP contribution in [0.25, 0.3) is 22.5 Å². The van der Waals surface area contributed by atoms with Crippen LogP contribution in [0.3, 0.4) is 0 Å². The second-order valence-corrected chi connectivity index (χ2v) is 6.83. The lowest BCUT2D eigenvalue weighted by atomic mass is 9.99. The van der Waals surface area contributed by atoms with Gasteiger partial charge in [-0.15, -0.1) is 0 Å². The molecule has 2 aliphatic heterocycles. The quantitative estimate of drug-likeness (QED) is 0.678. The lowest BCUT2D eigenvalue weighted by Gasteiger charge is -2.11. The van der Waals surface area contributed by atoms with Gasteiger partial charge in [-0.25, -0.2) is 9.37 Å². The first-order valence-corrected chi connectivity index (χ1v) is 8.70. The normalized spacial score (nSPS) is 14.8. The van der Waals surface area contributed by atoms with Gasteiger partial charge in [0.05, 0.1) is 17.9 Å². The Morgan fingerprint density at radius 2 is 1.96 bits per heavy atom. The zero-order valence-corrected chi connectivity index (χ0v) is 14.1. The maximum absolute atomic E-state index is 13.7. The Morgan fingerprint density at radius 3 is 2.84 bits per heavy atom. The highest BCUT2D eigenvalue weighted by atomic mass is 19.1. The molecule has 3 heterocycles. The molecule has 0 atom stereocenters. The van der Waals surface area contributed by atoms with Crippen molar-refractivity contribution in [3.05, 3.63) is 64.7 Å². The summed E-state index contributed by atoms with van der Waals surface area (Å²) in [5.41, 5.74) is 7.36. The Hall–Kier alpha value is -2.75. The van der Waals surface area contributed by atoms with E-state index in [9.17, 15) is 4.39 Å². The van der Waals surface area contributed by atoms with Gasteiger partial charge >= 0.3 is 0 Å². The summed E-state index contributed by atoms with van der Waals surface area (Å²) < 4.78 is 16.0. The molecule has 0 aliphatic carbocycles. The summed E-state index contributed by atoms with van der Waals surface area (Å²) in [5, 5.41) is 0. The maximum Gasteiger partial charge on any atom is 0.126 e. The number of aliphatic imine (C=N–C) groups is 1. The van der Waals surface area contributed by atoms with E-state index in [1.54, 1.807) is 6.92 Å². The number of rotatable bonds is 2. The molecule has 3 aromatic rings. The molecule has 0 amide bonds. The molecule has 0 saturated heterocycles. The molecule has 0 radical (unpaired) electrons. The number of benzene rings is 2. The molecule has 2 aliphatic rings. The van der Waals surface area contributed by atoms with E-state index >= 15 is 0 Å². The van der Waals surface area contributed by atoms with E-state index < -0.39 is 0 Å². The van der Waals surface area contributed by atoms with Crippen molar-refractivity contribution in [2.45, 2.75) is 32.9 Å². The van der Waals surface area contributed by atoms with Crippen molar-refractivity contribution in [2.75, 3.05) is 0 Å². The van der Waals surface area contributed by atoms with Gasteiger partial charge in [-0.3, -0.25) is 4.99 Å². The Labute approximate surface area is 145 Å². The van der Waals surface area contributed by atoms with E-state index in [-0.39, 0.29) is 5.82 Å². The predicted molar refractivity (Wildman–Crippen MR) is 97.4 cm³/mol. The SMILES string of the molecule is Cc1cc(-c2nc3n(c2-c2ccc4c(c2)CN=C4)CCC3)ccc1F. The van der Waals surface area contributed by atoms with Crippen molar-refractivity contribution in [1.29, 1.82) is 0 Å². The number of imidazole rings is 1. The average Bonchev–Trinajstić information content (AvgIpc) is 3.31. The van der Waals surface area contributed by atoms with Crippen LogP contribution in [-0.4, -0.2) is 15.8 Å². The van der Waals surface area contributed by atoms with Crippen LogP contribution in [0.4, 0.5) is 4.39 Å². The van der Waals surface area contributed by atoms with Gasteiger partial charge in [-0.1, -0.05) is 12.1 Å². The van der Waals surface area contributed by atoms with E-state index in [0.29, 0.717) is 5.56 Å². The van der Waals surface area contributed by atoms with Crippen LogP contribution in [0.5, 0.6) is 0 Å². The smallest absolute Gasteiger partial charge is 0.126 e. The molecular weight excluding hydrogens is 313 g/mol. The van der Waals surface area contributed by atoms with E-state index in [2.05, 4.69) is 27.8 Å². The third kappa shape index (κ3) is 2.24. The van der Waals surface area contributed by atoms with Crippen LogP contribution in [0.1, 0.15) is 28.9 Å². The lowest BCUT2D eigenvalue weighted by molar-refractivity contribution is 0.619. The van der Waals surface area contributed by atoms with Crippen LogP contribution >= 0.6 is 0 Å². The summed E-state index contributed by atoms with van der Waals surface area (Å²) in [4.78, 5) is 9.27. The van der Waals surface area contributed by atoms with E-state index in [4.69, 9.17) is 4.98 Å². The van der Waals surface area contributed by atoms with Gasteiger partial charge in [-0.2, -0.15) is 0 Å². The zero-order valence-electron chi connectivity index (χ0n) is 14.1. The fourth-order valence-electron chi connectivity index (χ4n) is 3.87. The topological polar surface area (TPSA) is 30.2 Å². The molecule has 0 fully saturated rings. The molecule has 25 heavy (non-hydrogen) atoms. The fourth-order valence-corrected chi connectivity index (χ4v) is 3.87. The summed E-state index contributed by atoms with van der Waals surface area (Å²) in [7, 11) is 0. The van der Waals surface area contributed by atoms with Gasteiger partial charge in [0.15, 0.2) is 0 Å². The summed E-state index contributed by atoms with van der Waals surface area (Å²) >= 11 is 0. The van der Waals surface area contributed by atoms with Crippen molar-refractivity contribution in [3.8, 4) is 22.5 Å². The Bertz CT molecular complexity index is 1030. The minimum Gasteiger partial charge on any atom is -0.327 e. The first-order chi connectivity index (χ1) is 12.2. The standard InChI is InChI=1S/C21H18FN3/c1-13-9-14(6-7-18(13)22)20-21(25-8-2-3-19(25)24-20)15-4-5-16-11-23-12-17(16)10-15/h4-7,9-11H,2-3,8,12H2,1H3. The largest absolute Gasteiger partial charge is 0.327 e. The van der Waals surface area contributed by atoms with Gasteiger partial charge in [0, 0.05) is 30.3 Å². The van der Waals surface area contributed by atoms with Crippen LogP contribution in [0.2, 0.25) is 0 Å². The number of aromatic nitrogens is 2. The predicted octanol–water partition coefficient (Wildman–Crippen LogP) is 4.54. The van der Waals surface area contributed by atoms with Crippen LogP contribution in [-0.2, 0) is 19.5 Å². The summed E-state index contributed by atoms with van der Waals surface area (Å²) in [6.07, 6.45) is 4.07. The summed E-state index contributed by atoms with van der Waals surface area (Å²) in [5.74, 6) is 0.954. The number of hydrogen-bond donors (Lipinski definition) is 0. The molecular formula is C21H18FN3. The Kier molecular flexibility index (Phi) is 3.14. The Balaban J connectivity index is 1.72. The first-order valence-electron chi connectivity index (χ1n) is 8.70. The second-order valence-electron chi connectivity index (χ2n) is 6.83. The summed E-state index contributed by atoms with van der Waals surface area (Å²) in [6.45, 7) is 3.54. The molecule has 2 aromatic carbocycles. The molecule has 3 nitrogen and oxygen atoms in total. The second kappa shape index (κ2) is 5.38. The van der Waals surface area contributed by atoms with Crippen molar-refractivity contribution in [1.82, 2.24) is 9.55 Å². The molecule has 0 spiro atoms. The third-order valence-electron chi connectivity index (χ3n) is 5.17. The van der Waals surface area contributed by atoms with Gasteiger partial charge in [0.1, 0.15) is 11.6 Å². The monoisotopic (exact) mass is 331 g/mol. The van der Waals surface area contributed by atoms with Crippen LogP contribution < -0.4 is 0 Å². The molecule has 0 N–H and O–H groups in total. The minimum atomic E-state index is -0.174. The molecule has 0 bridgehead atoms. The van der Waals surface area contributed by atoms with Gasteiger partial charge < -0.3 is 4.57 Å². The van der Waals surface area contributed by atoms with E-state index in [0.717, 1.165) is 48.7 Å².